The summed E-state index contributed by atoms with van der Waals surface area (Å²) in [7, 11) is 0. The van der Waals surface area contributed by atoms with Crippen LogP contribution in [0.5, 0.6) is 0 Å². The number of hydrogen-bond donors (Lipinski definition) is 3. The zero-order valence-corrected chi connectivity index (χ0v) is 7.04. The number of carboxylic acid groups (broad SMARTS) is 1. The van der Waals surface area contributed by atoms with Crippen LogP contribution in [-0.4, -0.2) is 28.7 Å². The van der Waals surface area contributed by atoms with Crippen LogP contribution in [0.25, 0.3) is 0 Å². The molecule has 0 aliphatic heterocycles. The van der Waals surface area contributed by atoms with Gasteiger partial charge in [-0.25, -0.2) is 0 Å². The Labute approximate surface area is 70.2 Å². The van der Waals surface area contributed by atoms with Gasteiger partial charge in [-0.3, -0.25) is 9.59 Å². The number of thiol groups is 1. The van der Waals surface area contributed by atoms with Gasteiger partial charge in [-0.2, -0.15) is 12.6 Å². The van der Waals surface area contributed by atoms with E-state index in [2.05, 4.69) is 12.6 Å². The lowest BCUT2D eigenvalue weighted by atomic mass is 10.0. The summed E-state index contributed by atoms with van der Waals surface area (Å²) in [5, 5.41) is 8.40. The van der Waals surface area contributed by atoms with E-state index in [-0.39, 0.29) is 5.75 Å². The van der Waals surface area contributed by atoms with E-state index in [0.29, 0.717) is 0 Å². The van der Waals surface area contributed by atoms with Crippen molar-refractivity contribution in [2.24, 2.45) is 11.7 Å². The van der Waals surface area contributed by atoms with Crippen molar-refractivity contribution < 1.29 is 14.7 Å². The number of carboxylic acids is 1. The highest BCUT2D eigenvalue weighted by atomic mass is 32.1. The number of ketones is 1. The van der Waals surface area contributed by atoms with Gasteiger partial charge in [-0.1, -0.05) is 0 Å². The van der Waals surface area contributed by atoms with Crippen molar-refractivity contribution in [1.29, 1.82) is 0 Å². The molecule has 0 saturated carbocycles. The molecule has 0 heterocycles. The molecular formula is C6H11NO3S. The Morgan fingerprint density at radius 3 is 2.36 bits per heavy atom. The van der Waals surface area contributed by atoms with E-state index < -0.39 is 23.7 Å². The van der Waals surface area contributed by atoms with Crippen molar-refractivity contribution in [1.82, 2.24) is 0 Å². The van der Waals surface area contributed by atoms with Crippen molar-refractivity contribution in [3.05, 3.63) is 0 Å². The highest BCUT2D eigenvalue weighted by Crippen LogP contribution is 2.00. The van der Waals surface area contributed by atoms with E-state index in [1.165, 1.54) is 6.92 Å². The summed E-state index contributed by atoms with van der Waals surface area (Å²) in [6.45, 7) is 1.31. The summed E-state index contributed by atoms with van der Waals surface area (Å²) in [6.07, 6.45) is 0. The maximum atomic E-state index is 11.0. The summed E-state index contributed by atoms with van der Waals surface area (Å²) >= 11 is 3.78. The molecule has 11 heavy (non-hydrogen) atoms. The van der Waals surface area contributed by atoms with Gasteiger partial charge < -0.3 is 10.8 Å². The van der Waals surface area contributed by atoms with Crippen LogP contribution in [0.15, 0.2) is 0 Å². The second-order valence-corrected chi connectivity index (χ2v) is 2.62. The number of aliphatic carboxylic acids is 1. The minimum atomic E-state index is -1.15. The van der Waals surface area contributed by atoms with E-state index in [1.807, 2.05) is 0 Å². The summed E-state index contributed by atoms with van der Waals surface area (Å²) < 4.78 is 0. The van der Waals surface area contributed by atoms with E-state index >= 15 is 0 Å². The normalized spacial score (nSPS) is 15.5. The Balaban J connectivity index is 4.13. The molecule has 0 amide bonds. The first-order valence-electron chi connectivity index (χ1n) is 3.13. The number of hydrogen-bond acceptors (Lipinski definition) is 4. The summed E-state index contributed by atoms with van der Waals surface area (Å²) in [5.74, 6) is -2.48. The summed E-state index contributed by atoms with van der Waals surface area (Å²) in [5.41, 5.74) is 5.27. The van der Waals surface area contributed by atoms with Crippen molar-refractivity contribution in [3.8, 4) is 0 Å². The molecule has 3 N–H and O–H groups in total. The maximum absolute atomic E-state index is 11.0. The first kappa shape index (κ1) is 10.4. The molecule has 64 valence electrons. The fraction of sp³-hybridized carbons (Fsp3) is 0.667. The Hall–Kier alpha value is -0.550. The van der Waals surface area contributed by atoms with Gasteiger partial charge in [-0.05, 0) is 6.92 Å². The highest BCUT2D eigenvalue weighted by Gasteiger charge is 2.24. The lowest BCUT2D eigenvalue weighted by Crippen LogP contribution is -2.38. The number of carbonyl (C=O) groups excluding carboxylic acids is 1. The van der Waals surface area contributed by atoms with Gasteiger partial charge in [0, 0.05) is 5.75 Å². The van der Waals surface area contributed by atoms with Crippen LogP contribution in [-0.2, 0) is 9.59 Å². The van der Waals surface area contributed by atoms with Crippen LogP contribution in [0.2, 0.25) is 0 Å². The van der Waals surface area contributed by atoms with Gasteiger partial charge in [-0.15, -0.1) is 0 Å². The van der Waals surface area contributed by atoms with Crippen LogP contribution in [0.3, 0.4) is 0 Å². The minimum absolute atomic E-state index is 0.177. The molecular weight excluding hydrogens is 166 g/mol. The fourth-order valence-corrected chi connectivity index (χ4v) is 0.713. The maximum Gasteiger partial charge on any atom is 0.313 e. The smallest absolute Gasteiger partial charge is 0.313 e. The molecule has 0 aliphatic rings. The standard InChI is InChI=1S/C6H11NO3S/c1-3(6(9)10)5(8)4(7)2-11/h3-4,11H,2,7H2,1H3,(H,9,10)/t3?,4-/m0/s1. The predicted octanol–water partition coefficient (Wildman–Crippen LogP) is -0.467. The third-order valence-corrected chi connectivity index (χ3v) is 1.75. The number of rotatable bonds is 4. The zero-order chi connectivity index (χ0) is 9.02. The van der Waals surface area contributed by atoms with E-state index in [0.717, 1.165) is 0 Å². The number of nitrogens with two attached hydrogens (primary N) is 1. The molecule has 0 aromatic carbocycles. The molecule has 0 saturated heterocycles. The average Bonchev–Trinajstić information content (AvgIpc) is 2.00. The second-order valence-electron chi connectivity index (χ2n) is 2.25. The summed E-state index contributed by atoms with van der Waals surface area (Å²) in [6, 6.07) is -0.774. The average molecular weight is 177 g/mol. The Morgan fingerprint density at radius 1 is 1.64 bits per heavy atom. The predicted molar refractivity (Wildman–Crippen MR) is 43.6 cm³/mol. The van der Waals surface area contributed by atoms with E-state index in [9.17, 15) is 9.59 Å². The van der Waals surface area contributed by atoms with Crippen LogP contribution >= 0.6 is 12.6 Å². The Bertz CT molecular complexity index is 171. The summed E-state index contributed by atoms with van der Waals surface area (Å²) in [4.78, 5) is 21.2. The molecule has 5 heteroatoms. The SMILES string of the molecule is CC(C(=O)O)C(=O)[C@@H](N)CS. The second kappa shape index (κ2) is 4.35. The van der Waals surface area contributed by atoms with Crippen molar-refractivity contribution in [2.45, 2.75) is 13.0 Å². The molecule has 0 fully saturated rings. The van der Waals surface area contributed by atoms with Crippen LogP contribution in [0.4, 0.5) is 0 Å². The van der Waals surface area contributed by atoms with Crippen molar-refractivity contribution >= 4 is 24.4 Å². The monoisotopic (exact) mass is 177 g/mol. The first-order chi connectivity index (χ1) is 5.00. The quantitative estimate of drug-likeness (QED) is 0.401. The van der Waals surface area contributed by atoms with Crippen molar-refractivity contribution in [3.63, 3.8) is 0 Å². The van der Waals surface area contributed by atoms with Gasteiger partial charge in [0.25, 0.3) is 0 Å². The van der Waals surface area contributed by atoms with Gasteiger partial charge in [0.15, 0.2) is 5.78 Å². The zero-order valence-electron chi connectivity index (χ0n) is 6.15. The van der Waals surface area contributed by atoms with Gasteiger partial charge in [0.1, 0.15) is 5.92 Å². The fourth-order valence-electron chi connectivity index (χ4n) is 0.533. The number of carbonyl (C=O) groups is 2. The molecule has 2 atom stereocenters. The lowest BCUT2D eigenvalue weighted by molar-refractivity contribution is -0.145. The third-order valence-electron chi connectivity index (χ3n) is 1.36. The minimum Gasteiger partial charge on any atom is -0.481 e. The third kappa shape index (κ3) is 2.90. The number of Topliss-reactive ketones (excluding diaryl/α,β-unsaturated/α-hetero) is 1. The Morgan fingerprint density at radius 2 is 2.09 bits per heavy atom. The molecule has 0 radical (unpaired) electrons. The first-order valence-corrected chi connectivity index (χ1v) is 3.77. The molecule has 0 aromatic heterocycles. The van der Waals surface area contributed by atoms with Gasteiger partial charge >= 0.3 is 5.97 Å². The van der Waals surface area contributed by atoms with E-state index in [1.54, 1.807) is 0 Å². The Kier molecular flexibility index (Phi) is 4.14. The molecule has 1 unspecified atom stereocenters. The van der Waals surface area contributed by atoms with Gasteiger partial charge in [0.05, 0.1) is 6.04 Å². The molecule has 0 spiro atoms. The molecule has 0 aliphatic carbocycles. The van der Waals surface area contributed by atoms with E-state index in [4.69, 9.17) is 10.8 Å². The van der Waals surface area contributed by atoms with Gasteiger partial charge in [0.2, 0.25) is 0 Å². The molecule has 4 nitrogen and oxygen atoms in total. The van der Waals surface area contributed by atoms with Crippen LogP contribution in [0.1, 0.15) is 6.92 Å². The van der Waals surface area contributed by atoms with Crippen molar-refractivity contribution in [2.75, 3.05) is 5.75 Å². The largest absolute Gasteiger partial charge is 0.481 e. The molecule has 0 aromatic rings. The highest BCUT2D eigenvalue weighted by molar-refractivity contribution is 7.80. The van der Waals surface area contributed by atoms with Crippen LogP contribution in [0, 0.1) is 5.92 Å². The topological polar surface area (TPSA) is 80.4 Å². The molecule has 0 bridgehead atoms. The molecule has 0 rings (SSSR count). The van der Waals surface area contributed by atoms with Crippen LogP contribution < -0.4 is 5.73 Å². The lowest BCUT2D eigenvalue weighted by Gasteiger charge is -2.09.